The van der Waals surface area contributed by atoms with Crippen LogP contribution in [0.15, 0.2) is 40.7 Å². The second kappa shape index (κ2) is 5.49. The van der Waals surface area contributed by atoms with E-state index >= 15 is 0 Å². The molecular weight excluding hydrogens is 315 g/mol. The maximum Gasteiger partial charge on any atom is 0.227 e. The van der Waals surface area contributed by atoms with Crippen LogP contribution in [-0.4, -0.2) is 26.8 Å². The number of fused-ring (bicyclic) bond motifs is 1. The van der Waals surface area contributed by atoms with E-state index in [4.69, 9.17) is 0 Å². The van der Waals surface area contributed by atoms with Crippen molar-refractivity contribution < 1.29 is 9.18 Å². The van der Waals surface area contributed by atoms with E-state index in [2.05, 4.69) is 15.4 Å². The number of thioether (sulfide) groups is 1. The summed E-state index contributed by atoms with van der Waals surface area (Å²) in [5, 5.41) is 8.34. The van der Waals surface area contributed by atoms with Gasteiger partial charge < -0.3 is 5.32 Å². The molecule has 1 aromatic carbocycles. The largest absolute Gasteiger partial charge is 0.328 e. The first-order valence-corrected chi connectivity index (χ1v) is 8.69. The van der Waals surface area contributed by atoms with Gasteiger partial charge in [-0.2, -0.15) is 4.98 Å². The van der Waals surface area contributed by atoms with E-state index in [0.717, 1.165) is 18.5 Å². The Labute approximate surface area is 137 Å². The molecule has 2 aromatic rings. The van der Waals surface area contributed by atoms with Crippen molar-refractivity contribution >= 4 is 23.5 Å². The van der Waals surface area contributed by atoms with Crippen molar-refractivity contribution in [2.45, 2.75) is 30.5 Å². The number of carbonyl (C=O) groups is 1. The van der Waals surface area contributed by atoms with Gasteiger partial charge in [-0.15, -0.1) is 5.10 Å². The quantitative estimate of drug-likeness (QED) is 0.857. The zero-order valence-electron chi connectivity index (χ0n) is 12.5. The van der Waals surface area contributed by atoms with E-state index in [0.29, 0.717) is 28.7 Å². The lowest BCUT2D eigenvalue weighted by Crippen LogP contribution is -2.31. The summed E-state index contributed by atoms with van der Waals surface area (Å²) in [7, 11) is 0. The molecule has 0 saturated carbocycles. The van der Waals surface area contributed by atoms with Crippen LogP contribution in [0.25, 0.3) is 0 Å². The first-order valence-electron chi connectivity index (χ1n) is 7.46. The van der Waals surface area contributed by atoms with E-state index in [1.54, 1.807) is 10.7 Å². The summed E-state index contributed by atoms with van der Waals surface area (Å²) >= 11 is 1.44. The Morgan fingerprint density at radius 2 is 2.26 bits per heavy atom. The maximum atomic E-state index is 13.7. The van der Waals surface area contributed by atoms with Crippen LogP contribution in [0.5, 0.6) is 0 Å². The highest BCUT2D eigenvalue weighted by atomic mass is 32.2. The van der Waals surface area contributed by atoms with Crippen LogP contribution < -0.4 is 5.32 Å². The van der Waals surface area contributed by atoms with Gasteiger partial charge in [-0.1, -0.05) is 23.9 Å². The van der Waals surface area contributed by atoms with Gasteiger partial charge in [0.2, 0.25) is 11.1 Å². The lowest BCUT2D eigenvalue weighted by molar-refractivity contribution is -0.116. The number of aromatic nitrogens is 3. The van der Waals surface area contributed by atoms with Gasteiger partial charge in [-0.3, -0.25) is 4.79 Å². The van der Waals surface area contributed by atoms with E-state index in [1.807, 2.05) is 12.3 Å². The van der Waals surface area contributed by atoms with E-state index in [9.17, 15) is 9.18 Å². The Bertz CT molecular complexity index is 829. The molecule has 0 radical (unpaired) electrons. The molecule has 23 heavy (non-hydrogen) atoms. The Morgan fingerprint density at radius 3 is 3.04 bits per heavy atom. The number of rotatable bonds is 2. The van der Waals surface area contributed by atoms with Crippen molar-refractivity contribution in [3.8, 4) is 0 Å². The fraction of sp³-hybridized carbons (Fsp3) is 0.312. The third-order valence-electron chi connectivity index (χ3n) is 4.20. The van der Waals surface area contributed by atoms with Crippen molar-refractivity contribution in [1.82, 2.24) is 14.8 Å². The Morgan fingerprint density at radius 1 is 1.39 bits per heavy atom. The minimum absolute atomic E-state index is 0.0971. The average molecular weight is 330 g/mol. The molecular formula is C16H15FN4OS. The number of benzene rings is 1. The van der Waals surface area contributed by atoms with Crippen LogP contribution in [0.1, 0.15) is 30.9 Å². The molecule has 7 heteroatoms. The zero-order valence-corrected chi connectivity index (χ0v) is 13.4. The van der Waals surface area contributed by atoms with Gasteiger partial charge >= 0.3 is 0 Å². The fourth-order valence-electron chi connectivity index (χ4n) is 3.21. The highest BCUT2D eigenvalue weighted by Gasteiger charge is 2.36. The van der Waals surface area contributed by atoms with Crippen molar-refractivity contribution in [1.29, 1.82) is 0 Å². The highest BCUT2D eigenvalue weighted by molar-refractivity contribution is 7.98. The summed E-state index contributed by atoms with van der Waals surface area (Å²) in [6, 6.07) is 5.94. The van der Waals surface area contributed by atoms with Gasteiger partial charge in [0.25, 0.3) is 0 Å². The molecule has 4 rings (SSSR count). The number of ketones is 1. The Kier molecular flexibility index (Phi) is 3.45. The lowest BCUT2D eigenvalue weighted by atomic mass is 9.85. The molecule has 1 aliphatic heterocycles. The van der Waals surface area contributed by atoms with E-state index in [1.165, 1.54) is 23.9 Å². The van der Waals surface area contributed by atoms with Crippen LogP contribution in [0.4, 0.5) is 10.3 Å². The van der Waals surface area contributed by atoms with Crippen LogP contribution in [0.2, 0.25) is 0 Å². The number of anilines is 1. The smallest absolute Gasteiger partial charge is 0.227 e. The number of hydrogen-bond acceptors (Lipinski definition) is 5. The zero-order chi connectivity index (χ0) is 16.0. The Balaban J connectivity index is 1.92. The molecule has 0 saturated heterocycles. The molecule has 0 amide bonds. The van der Waals surface area contributed by atoms with Crippen molar-refractivity contribution in [3.05, 3.63) is 46.9 Å². The number of nitrogens with zero attached hydrogens (tertiary/aromatic N) is 3. The minimum Gasteiger partial charge on any atom is -0.328 e. The lowest BCUT2D eigenvalue weighted by Gasteiger charge is -2.32. The molecule has 0 spiro atoms. The van der Waals surface area contributed by atoms with Gasteiger partial charge in [0.15, 0.2) is 5.78 Å². The standard InChI is InChI=1S/C16H15FN4OS/c1-23-16-19-15-18-11-6-3-7-12(22)13(11)14(21(15)20-16)9-4-2-5-10(17)8-9/h2,4-5,8,14H,3,6-7H2,1H3,(H,18,19,20). The maximum absolute atomic E-state index is 13.7. The van der Waals surface area contributed by atoms with Gasteiger partial charge in [-0.25, -0.2) is 9.07 Å². The molecule has 2 aliphatic rings. The summed E-state index contributed by atoms with van der Waals surface area (Å²) in [5.74, 6) is 0.384. The van der Waals surface area contributed by atoms with Gasteiger partial charge in [0.1, 0.15) is 11.9 Å². The molecule has 1 atom stereocenters. The van der Waals surface area contributed by atoms with Crippen molar-refractivity contribution in [3.63, 3.8) is 0 Å². The molecule has 1 aromatic heterocycles. The number of halogens is 1. The molecule has 1 unspecified atom stereocenters. The van der Waals surface area contributed by atoms with Gasteiger partial charge in [-0.05, 0) is 36.8 Å². The monoisotopic (exact) mass is 330 g/mol. The van der Waals surface area contributed by atoms with Crippen molar-refractivity contribution in [2.75, 3.05) is 11.6 Å². The first-order chi connectivity index (χ1) is 11.2. The first kappa shape index (κ1) is 14.4. The normalized spacial score (nSPS) is 20.1. The van der Waals surface area contributed by atoms with E-state index in [-0.39, 0.29) is 11.6 Å². The molecule has 0 fully saturated rings. The van der Waals surface area contributed by atoms with Gasteiger partial charge in [0, 0.05) is 17.7 Å². The van der Waals surface area contributed by atoms with Crippen molar-refractivity contribution in [2.24, 2.45) is 0 Å². The van der Waals surface area contributed by atoms with Crippen LogP contribution in [0, 0.1) is 5.82 Å². The summed E-state index contributed by atoms with van der Waals surface area (Å²) in [6.07, 6.45) is 4.04. The predicted octanol–water partition coefficient (Wildman–Crippen LogP) is 3.16. The third kappa shape index (κ3) is 2.35. The number of hydrogen-bond donors (Lipinski definition) is 1. The number of Topliss-reactive ketones (excluding diaryl/α,β-unsaturated/α-hetero) is 1. The topological polar surface area (TPSA) is 59.8 Å². The number of nitrogens with one attached hydrogen (secondary N) is 1. The fourth-order valence-corrected chi connectivity index (χ4v) is 3.56. The van der Waals surface area contributed by atoms with Crippen LogP contribution >= 0.6 is 11.8 Å². The summed E-state index contributed by atoms with van der Waals surface area (Å²) in [5.41, 5.74) is 2.29. The minimum atomic E-state index is -0.418. The highest BCUT2D eigenvalue weighted by Crippen LogP contribution is 2.40. The number of carbonyl (C=O) groups excluding carboxylic acids is 1. The van der Waals surface area contributed by atoms with Crippen LogP contribution in [-0.2, 0) is 4.79 Å². The molecule has 2 heterocycles. The van der Waals surface area contributed by atoms with E-state index < -0.39 is 6.04 Å². The molecule has 1 N–H and O–H groups in total. The Hall–Kier alpha value is -2.15. The third-order valence-corrected chi connectivity index (χ3v) is 4.73. The number of allylic oxidation sites excluding steroid dienone is 2. The molecule has 118 valence electrons. The predicted molar refractivity (Wildman–Crippen MR) is 85.8 cm³/mol. The second-order valence-electron chi connectivity index (χ2n) is 5.62. The average Bonchev–Trinajstić information content (AvgIpc) is 2.96. The summed E-state index contributed by atoms with van der Waals surface area (Å²) in [6.45, 7) is 0. The van der Waals surface area contributed by atoms with Crippen LogP contribution in [0.3, 0.4) is 0 Å². The SMILES string of the molecule is CSc1nc2n(n1)C(c1cccc(F)c1)C1=C(CCCC1=O)N2. The second-order valence-corrected chi connectivity index (χ2v) is 6.39. The summed E-state index contributed by atoms with van der Waals surface area (Å²) < 4.78 is 15.4. The van der Waals surface area contributed by atoms with Gasteiger partial charge in [0.05, 0.1) is 0 Å². The molecule has 1 aliphatic carbocycles. The molecule has 0 bridgehead atoms. The molecule has 5 nitrogen and oxygen atoms in total. The summed E-state index contributed by atoms with van der Waals surface area (Å²) in [4.78, 5) is 17.0.